The lowest BCUT2D eigenvalue weighted by atomic mass is 10.1. The van der Waals surface area contributed by atoms with Crippen molar-refractivity contribution >= 4 is 10.9 Å². The molecule has 0 bridgehead atoms. The molecule has 3 heterocycles. The van der Waals surface area contributed by atoms with Gasteiger partial charge in [0.15, 0.2) is 0 Å². The Kier molecular flexibility index (Phi) is 6.46. The quantitative estimate of drug-likeness (QED) is 0.446. The minimum atomic E-state index is -0.929. The molecule has 33 heavy (non-hydrogen) atoms. The summed E-state index contributed by atoms with van der Waals surface area (Å²) in [5, 5.41) is 8.75. The second kappa shape index (κ2) is 9.80. The molecule has 1 saturated heterocycles. The van der Waals surface area contributed by atoms with Crippen LogP contribution < -0.4 is 0 Å². The molecule has 0 radical (unpaired) electrons. The van der Waals surface area contributed by atoms with E-state index in [1.807, 2.05) is 29.0 Å². The topological polar surface area (TPSA) is 53.0 Å². The number of hydrogen-bond acceptors (Lipinski definition) is 4. The zero-order valence-corrected chi connectivity index (χ0v) is 18.5. The van der Waals surface area contributed by atoms with Gasteiger partial charge in [-0.25, -0.2) is 8.78 Å². The normalized spacial score (nSPS) is 16.4. The summed E-state index contributed by atoms with van der Waals surface area (Å²) in [6.45, 7) is 4.88. The molecule has 0 amide bonds. The third-order valence-electron chi connectivity index (χ3n) is 6.44. The van der Waals surface area contributed by atoms with E-state index in [0.29, 0.717) is 13.0 Å². The van der Waals surface area contributed by atoms with Gasteiger partial charge in [-0.3, -0.25) is 9.47 Å². The Bertz CT molecular complexity index is 1180. The van der Waals surface area contributed by atoms with Gasteiger partial charge in [0, 0.05) is 68.5 Å². The summed E-state index contributed by atoms with van der Waals surface area (Å²) in [5.74, 6) is -0.184. The van der Waals surface area contributed by atoms with E-state index < -0.39 is 6.17 Å². The predicted molar refractivity (Wildman–Crippen MR) is 125 cm³/mol. The Morgan fingerprint density at radius 1 is 0.970 bits per heavy atom. The third kappa shape index (κ3) is 5.29. The van der Waals surface area contributed by atoms with Gasteiger partial charge >= 0.3 is 0 Å². The summed E-state index contributed by atoms with van der Waals surface area (Å²) in [5.41, 5.74) is 3.97. The minimum absolute atomic E-state index is 0.184. The van der Waals surface area contributed by atoms with Crippen LogP contribution in [-0.4, -0.2) is 75.0 Å². The fourth-order valence-corrected chi connectivity index (χ4v) is 4.59. The van der Waals surface area contributed by atoms with E-state index >= 15 is 4.39 Å². The van der Waals surface area contributed by atoms with Crippen LogP contribution in [0, 0.1) is 5.82 Å². The van der Waals surface area contributed by atoms with Crippen molar-refractivity contribution < 1.29 is 8.78 Å². The number of alkyl halides is 1. The molecular weight excluding hydrogens is 422 g/mol. The maximum absolute atomic E-state index is 15.0. The zero-order valence-electron chi connectivity index (χ0n) is 18.5. The minimum Gasteiger partial charge on any atom is -0.361 e. The first-order valence-corrected chi connectivity index (χ1v) is 11.4. The van der Waals surface area contributed by atoms with Crippen LogP contribution in [0.1, 0.15) is 11.1 Å². The average molecular weight is 451 g/mol. The number of nitrogens with one attached hydrogen (secondary N) is 1. The van der Waals surface area contributed by atoms with Crippen LogP contribution in [0.2, 0.25) is 0 Å². The van der Waals surface area contributed by atoms with Crippen molar-refractivity contribution in [1.82, 2.24) is 29.5 Å². The maximum Gasteiger partial charge on any atom is 0.123 e. The fourth-order valence-electron chi connectivity index (χ4n) is 4.59. The summed E-state index contributed by atoms with van der Waals surface area (Å²) >= 11 is 0. The van der Waals surface area contributed by atoms with E-state index in [1.54, 1.807) is 24.8 Å². The van der Waals surface area contributed by atoms with E-state index in [0.717, 1.165) is 66.9 Å². The van der Waals surface area contributed by atoms with Gasteiger partial charge in [-0.15, -0.1) is 10.2 Å². The summed E-state index contributed by atoms with van der Waals surface area (Å²) in [7, 11) is 0. The monoisotopic (exact) mass is 450 g/mol. The first kappa shape index (κ1) is 21.7. The predicted octanol–water partition coefficient (Wildman–Crippen LogP) is 3.63. The molecule has 1 fully saturated rings. The number of aromatic nitrogens is 4. The summed E-state index contributed by atoms with van der Waals surface area (Å²) in [6, 6.07) is 12.8. The molecule has 0 saturated carbocycles. The van der Waals surface area contributed by atoms with Gasteiger partial charge in [0.05, 0.1) is 0 Å². The summed E-state index contributed by atoms with van der Waals surface area (Å²) in [6.07, 6.45) is 5.51. The third-order valence-corrected chi connectivity index (χ3v) is 6.44. The fraction of sp³-hybridized carbons (Fsp3) is 0.360. The highest BCUT2D eigenvalue weighted by atomic mass is 19.1. The molecule has 8 heteroatoms. The van der Waals surface area contributed by atoms with Crippen LogP contribution in [0.15, 0.2) is 61.3 Å². The Balaban J connectivity index is 1.12. The highest BCUT2D eigenvalue weighted by Gasteiger charge is 2.21. The van der Waals surface area contributed by atoms with Crippen LogP contribution in [0.3, 0.4) is 0 Å². The molecule has 1 N–H and O–H groups in total. The highest BCUT2D eigenvalue weighted by molar-refractivity contribution is 5.85. The summed E-state index contributed by atoms with van der Waals surface area (Å²) in [4.78, 5) is 7.84. The van der Waals surface area contributed by atoms with Gasteiger partial charge in [-0.2, -0.15) is 0 Å². The molecule has 0 spiro atoms. The van der Waals surface area contributed by atoms with E-state index in [-0.39, 0.29) is 5.82 Å². The number of nitrogens with zero attached hydrogens (tertiary/aromatic N) is 5. The van der Waals surface area contributed by atoms with E-state index in [2.05, 4.69) is 31.0 Å². The SMILES string of the molecule is Fc1cccc(CCN2CCN(CC(F)Cc3c[nH]c4ccc(-n5cnnc5)cc34)CC2)c1. The molecule has 4 aromatic rings. The molecular formula is C25H28F2N6. The molecule has 172 valence electrons. The number of fused-ring (bicyclic) bond motifs is 1. The number of aromatic amines is 1. The molecule has 1 unspecified atom stereocenters. The molecule has 1 atom stereocenters. The van der Waals surface area contributed by atoms with Crippen molar-refractivity contribution in [2.24, 2.45) is 0 Å². The largest absolute Gasteiger partial charge is 0.361 e. The van der Waals surface area contributed by atoms with Crippen LogP contribution >= 0.6 is 0 Å². The van der Waals surface area contributed by atoms with Crippen molar-refractivity contribution in [2.45, 2.75) is 19.0 Å². The average Bonchev–Trinajstić information content (AvgIpc) is 3.49. The van der Waals surface area contributed by atoms with Gasteiger partial charge in [-0.1, -0.05) is 12.1 Å². The zero-order chi connectivity index (χ0) is 22.6. The van der Waals surface area contributed by atoms with Gasteiger partial charge < -0.3 is 9.88 Å². The van der Waals surface area contributed by atoms with E-state index in [1.165, 1.54) is 6.07 Å². The Labute approximate surface area is 191 Å². The number of rotatable bonds is 8. The lowest BCUT2D eigenvalue weighted by Gasteiger charge is -2.35. The number of H-pyrrole nitrogens is 1. The molecule has 5 rings (SSSR count). The smallest absolute Gasteiger partial charge is 0.123 e. The van der Waals surface area contributed by atoms with Gasteiger partial charge in [0.25, 0.3) is 0 Å². The van der Waals surface area contributed by atoms with Crippen molar-refractivity contribution in [3.63, 3.8) is 0 Å². The lowest BCUT2D eigenvalue weighted by molar-refractivity contribution is 0.107. The number of hydrogen-bond donors (Lipinski definition) is 1. The van der Waals surface area contributed by atoms with Gasteiger partial charge in [0.2, 0.25) is 0 Å². The number of piperazine rings is 1. The van der Waals surface area contributed by atoms with E-state index in [4.69, 9.17) is 0 Å². The second-order valence-electron chi connectivity index (χ2n) is 8.74. The lowest BCUT2D eigenvalue weighted by Crippen LogP contribution is -2.48. The van der Waals surface area contributed by atoms with Crippen LogP contribution in [0.4, 0.5) is 8.78 Å². The Morgan fingerprint density at radius 2 is 1.76 bits per heavy atom. The first-order chi connectivity index (χ1) is 16.1. The first-order valence-electron chi connectivity index (χ1n) is 11.4. The second-order valence-corrected chi connectivity index (χ2v) is 8.74. The standard InChI is InChI=1S/C25H28F2N6/c26-21-3-1-2-19(12-21)6-7-31-8-10-32(11-9-31)16-22(27)13-20-15-28-25-5-4-23(14-24(20)25)33-17-29-30-18-33/h1-5,12,14-15,17-18,22,28H,6-11,13,16H2. The van der Waals surface area contributed by atoms with Crippen molar-refractivity contribution in [1.29, 1.82) is 0 Å². The molecule has 1 aliphatic rings. The van der Waals surface area contributed by atoms with E-state index in [9.17, 15) is 4.39 Å². The molecule has 6 nitrogen and oxygen atoms in total. The molecule has 0 aliphatic carbocycles. The maximum atomic E-state index is 15.0. The van der Waals surface area contributed by atoms with Gasteiger partial charge in [0.1, 0.15) is 24.6 Å². The van der Waals surface area contributed by atoms with Crippen molar-refractivity contribution in [2.75, 3.05) is 39.3 Å². The molecule has 2 aromatic carbocycles. The van der Waals surface area contributed by atoms with Crippen LogP contribution in [-0.2, 0) is 12.8 Å². The Hall–Kier alpha value is -3.10. The van der Waals surface area contributed by atoms with Gasteiger partial charge in [-0.05, 0) is 47.9 Å². The summed E-state index contributed by atoms with van der Waals surface area (Å²) < 4.78 is 30.2. The Morgan fingerprint density at radius 3 is 2.55 bits per heavy atom. The van der Waals surface area contributed by atoms with Crippen LogP contribution in [0.5, 0.6) is 0 Å². The molecule has 1 aliphatic heterocycles. The van der Waals surface area contributed by atoms with Crippen molar-refractivity contribution in [3.05, 3.63) is 78.3 Å². The van der Waals surface area contributed by atoms with Crippen molar-refractivity contribution in [3.8, 4) is 5.69 Å². The highest BCUT2D eigenvalue weighted by Crippen LogP contribution is 2.24. The number of halogens is 2. The number of benzene rings is 2. The molecule has 2 aromatic heterocycles. The van der Waals surface area contributed by atoms with Crippen LogP contribution in [0.25, 0.3) is 16.6 Å².